The molecule has 0 aliphatic rings. The normalized spacial score (nSPS) is 12.1. The molecule has 1 rings (SSSR count). The van der Waals surface area contributed by atoms with Crippen LogP contribution in [0.5, 0.6) is 0 Å². The van der Waals surface area contributed by atoms with E-state index in [0.29, 0.717) is 5.56 Å². The number of hydrogen-bond acceptors (Lipinski definition) is 1. The first-order valence-corrected chi connectivity index (χ1v) is 9.53. The van der Waals surface area contributed by atoms with E-state index in [1.54, 1.807) is 12.2 Å². The van der Waals surface area contributed by atoms with Crippen molar-refractivity contribution in [1.82, 2.24) is 0 Å². The van der Waals surface area contributed by atoms with E-state index >= 15 is 0 Å². The van der Waals surface area contributed by atoms with E-state index in [9.17, 15) is 4.79 Å². The second-order valence-electron chi connectivity index (χ2n) is 6.21. The number of carbonyl (C=O) groups excluding carboxylic acids is 1. The fraction of sp³-hybridized carbons (Fsp3) is 0.353. The van der Waals surface area contributed by atoms with Crippen LogP contribution in [0.25, 0.3) is 0 Å². The lowest BCUT2D eigenvalue weighted by molar-refractivity contribution is 0.104. The van der Waals surface area contributed by atoms with E-state index in [1.807, 2.05) is 30.3 Å². The first kappa shape index (κ1) is 15.5. The van der Waals surface area contributed by atoms with Gasteiger partial charge in [0.25, 0.3) is 0 Å². The van der Waals surface area contributed by atoms with Gasteiger partial charge < -0.3 is 0 Å². The summed E-state index contributed by atoms with van der Waals surface area (Å²) in [4.78, 5) is 11.8. The Balaban J connectivity index is 2.74. The van der Waals surface area contributed by atoms with Crippen LogP contribution in [0.3, 0.4) is 0 Å². The molecule has 0 unspecified atom stereocenters. The van der Waals surface area contributed by atoms with E-state index < -0.39 is 8.07 Å². The lowest BCUT2D eigenvalue weighted by atomic mass is 10.1. The second-order valence-corrected chi connectivity index (χ2v) is 11.2. The summed E-state index contributed by atoms with van der Waals surface area (Å²) in [5, 5.41) is 0.247. The van der Waals surface area contributed by atoms with Gasteiger partial charge in [-0.3, -0.25) is 4.79 Å². The van der Waals surface area contributed by atoms with Gasteiger partial charge in [-0.1, -0.05) is 70.1 Å². The first-order valence-electron chi connectivity index (χ1n) is 6.53. The van der Waals surface area contributed by atoms with Crippen LogP contribution in [0.15, 0.2) is 42.5 Å². The van der Waals surface area contributed by atoms with Crippen LogP contribution in [-0.2, 0) is 0 Å². The Labute approximate surface area is 117 Å². The van der Waals surface area contributed by atoms with Gasteiger partial charge in [-0.25, -0.2) is 0 Å². The molecule has 0 spiro atoms. The van der Waals surface area contributed by atoms with Gasteiger partial charge in [0.2, 0.25) is 0 Å². The summed E-state index contributed by atoms with van der Waals surface area (Å²) in [6.45, 7) is 11.2. The maximum Gasteiger partial charge on any atom is 0.186 e. The molecule has 1 aromatic carbocycles. The van der Waals surface area contributed by atoms with Crippen molar-refractivity contribution in [1.29, 1.82) is 0 Å². The predicted octanol–water partition coefficient (Wildman–Crippen LogP) is 4.48. The summed E-state index contributed by atoms with van der Waals surface area (Å²) < 4.78 is 0. The highest BCUT2D eigenvalue weighted by molar-refractivity contribution is 6.87. The molecule has 0 N–H and O–H groups in total. The van der Waals surface area contributed by atoms with Crippen molar-refractivity contribution in [3.05, 3.63) is 48.0 Å². The van der Waals surface area contributed by atoms with Crippen LogP contribution in [0, 0.1) is 11.5 Å². The molecule has 0 fully saturated rings. The van der Waals surface area contributed by atoms with Crippen molar-refractivity contribution >= 4 is 13.9 Å². The van der Waals surface area contributed by atoms with Gasteiger partial charge in [-0.2, -0.15) is 0 Å². The van der Waals surface area contributed by atoms with Crippen molar-refractivity contribution in [3.63, 3.8) is 0 Å². The fourth-order valence-corrected chi connectivity index (χ4v) is 2.04. The van der Waals surface area contributed by atoms with E-state index in [0.717, 1.165) is 0 Å². The highest BCUT2D eigenvalue weighted by Crippen LogP contribution is 2.34. The van der Waals surface area contributed by atoms with Gasteiger partial charge in [0.1, 0.15) is 8.07 Å². The first-order chi connectivity index (χ1) is 8.74. The standard InChI is InChI=1S/C17H22OSi/c1-17(2,3)19(4,5)14-10-9-13-16(18)15-11-7-6-8-12-15/h6-9,11-13H,1-5H3/b13-9+. The molecular formula is C17H22OSi. The summed E-state index contributed by atoms with van der Waals surface area (Å²) in [5.74, 6) is 3.05. The molecule has 0 aromatic heterocycles. The van der Waals surface area contributed by atoms with Gasteiger partial charge in [0, 0.05) is 5.56 Å². The fourth-order valence-electron chi connectivity index (χ4n) is 1.23. The molecule has 0 atom stereocenters. The molecule has 0 saturated heterocycles. The summed E-state index contributed by atoms with van der Waals surface area (Å²) in [5.41, 5.74) is 4.06. The molecule has 19 heavy (non-hydrogen) atoms. The molecule has 0 radical (unpaired) electrons. The number of hydrogen-bond donors (Lipinski definition) is 0. The number of carbonyl (C=O) groups is 1. The van der Waals surface area contributed by atoms with Gasteiger partial charge in [0.05, 0.1) is 0 Å². The predicted molar refractivity (Wildman–Crippen MR) is 84.9 cm³/mol. The Morgan fingerprint density at radius 3 is 2.26 bits per heavy atom. The average Bonchev–Trinajstić information content (AvgIpc) is 2.34. The third-order valence-corrected chi connectivity index (χ3v) is 8.16. The van der Waals surface area contributed by atoms with Crippen LogP contribution in [0.2, 0.25) is 18.1 Å². The highest BCUT2D eigenvalue weighted by atomic mass is 28.3. The third kappa shape index (κ3) is 4.53. The Bertz CT molecular complexity index is 522. The number of benzene rings is 1. The van der Waals surface area contributed by atoms with Crippen LogP contribution in [0.4, 0.5) is 0 Å². The minimum absolute atomic E-state index is 0.00475. The van der Waals surface area contributed by atoms with Crippen molar-refractivity contribution in [2.75, 3.05) is 0 Å². The van der Waals surface area contributed by atoms with Crippen LogP contribution >= 0.6 is 0 Å². The van der Waals surface area contributed by atoms with Gasteiger partial charge in [-0.05, 0) is 17.2 Å². The molecular weight excluding hydrogens is 248 g/mol. The zero-order valence-corrected chi connectivity index (χ0v) is 13.4. The van der Waals surface area contributed by atoms with Crippen molar-refractivity contribution in [2.24, 2.45) is 0 Å². The quantitative estimate of drug-likeness (QED) is 0.335. The van der Waals surface area contributed by atoms with Gasteiger partial charge in [0.15, 0.2) is 5.78 Å². The summed E-state index contributed by atoms with van der Waals surface area (Å²) >= 11 is 0. The minimum Gasteiger partial charge on any atom is -0.289 e. The zero-order valence-electron chi connectivity index (χ0n) is 12.4. The average molecular weight is 270 g/mol. The van der Waals surface area contributed by atoms with Crippen LogP contribution in [0.1, 0.15) is 31.1 Å². The summed E-state index contributed by atoms with van der Waals surface area (Å²) in [6, 6.07) is 9.25. The molecule has 0 amide bonds. The lowest BCUT2D eigenvalue weighted by Gasteiger charge is -2.31. The van der Waals surface area contributed by atoms with Crippen molar-refractivity contribution in [3.8, 4) is 11.5 Å². The molecule has 1 nitrogen and oxygen atoms in total. The Morgan fingerprint density at radius 1 is 1.16 bits per heavy atom. The molecule has 1 aromatic rings. The van der Waals surface area contributed by atoms with E-state index in [2.05, 4.69) is 45.3 Å². The maximum atomic E-state index is 11.8. The largest absolute Gasteiger partial charge is 0.289 e. The highest BCUT2D eigenvalue weighted by Gasteiger charge is 2.33. The minimum atomic E-state index is -1.58. The molecule has 0 aliphatic carbocycles. The SMILES string of the molecule is CC(C)(C)[Si](C)(C)C#C/C=C/C(=O)c1ccccc1. The molecule has 100 valence electrons. The molecule has 0 aliphatic heterocycles. The lowest BCUT2D eigenvalue weighted by Crippen LogP contribution is -2.35. The Kier molecular flexibility index (Phi) is 4.91. The maximum absolute atomic E-state index is 11.8. The number of ketones is 1. The van der Waals surface area contributed by atoms with E-state index in [4.69, 9.17) is 0 Å². The van der Waals surface area contributed by atoms with Crippen LogP contribution < -0.4 is 0 Å². The van der Waals surface area contributed by atoms with Gasteiger partial charge in [-0.15, -0.1) is 5.54 Å². The summed E-state index contributed by atoms with van der Waals surface area (Å²) in [6.07, 6.45) is 3.23. The number of rotatable bonds is 2. The molecule has 2 heteroatoms. The van der Waals surface area contributed by atoms with Crippen molar-refractivity contribution < 1.29 is 4.79 Å². The second kappa shape index (κ2) is 6.03. The van der Waals surface area contributed by atoms with Crippen LogP contribution in [-0.4, -0.2) is 13.9 Å². The van der Waals surface area contributed by atoms with E-state index in [1.165, 1.54) is 0 Å². The van der Waals surface area contributed by atoms with Crippen molar-refractivity contribution in [2.45, 2.75) is 38.9 Å². The van der Waals surface area contributed by atoms with E-state index in [-0.39, 0.29) is 10.8 Å². The molecule has 0 saturated carbocycles. The molecule has 0 heterocycles. The number of allylic oxidation sites excluding steroid dienone is 2. The topological polar surface area (TPSA) is 17.1 Å². The Hall–Kier alpha value is -1.59. The third-order valence-electron chi connectivity index (χ3n) is 3.64. The zero-order chi connectivity index (χ0) is 14.5. The monoisotopic (exact) mass is 270 g/mol. The molecule has 0 bridgehead atoms. The summed E-state index contributed by atoms with van der Waals surface area (Å²) in [7, 11) is -1.58. The Morgan fingerprint density at radius 2 is 1.74 bits per heavy atom. The van der Waals surface area contributed by atoms with Gasteiger partial charge >= 0.3 is 0 Å². The smallest absolute Gasteiger partial charge is 0.186 e.